The van der Waals surface area contributed by atoms with E-state index >= 15 is 0 Å². The van der Waals surface area contributed by atoms with Gasteiger partial charge in [0, 0.05) is 26.2 Å². The Kier molecular flexibility index (Phi) is 4.81. The van der Waals surface area contributed by atoms with Gasteiger partial charge < -0.3 is 20.3 Å². The molecule has 110 valence electrons. The molecule has 0 bridgehead atoms. The molecule has 1 aromatic rings. The van der Waals surface area contributed by atoms with Crippen molar-refractivity contribution in [2.45, 2.75) is 13.0 Å². The van der Waals surface area contributed by atoms with Crippen molar-refractivity contribution in [3.05, 3.63) is 23.8 Å². The molecule has 0 saturated carbocycles. The summed E-state index contributed by atoms with van der Waals surface area (Å²) in [6.07, 6.45) is 0. The summed E-state index contributed by atoms with van der Waals surface area (Å²) in [5.74, 6) is -0.536. The van der Waals surface area contributed by atoms with Crippen molar-refractivity contribution < 1.29 is 19.7 Å². The van der Waals surface area contributed by atoms with Gasteiger partial charge in [0.1, 0.15) is 6.04 Å². The van der Waals surface area contributed by atoms with Crippen LogP contribution in [0.2, 0.25) is 0 Å². The zero-order valence-corrected chi connectivity index (χ0v) is 11.5. The molecule has 1 heterocycles. The molecule has 6 heteroatoms. The van der Waals surface area contributed by atoms with Crippen LogP contribution in [-0.4, -0.2) is 53.9 Å². The van der Waals surface area contributed by atoms with Gasteiger partial charge in [0.25, 0.3) is 0 Å². The summed E-state index contributed by atoms with van der Waals surface area (Å²) in [5, 5.41) is 22.4. The summed E-state index contributed by atoms with van der Waals surface area (Å²) in [7, 11) is 0. The Morgan fingerprint density at radius 2 is 2.15 bits per heavy atom. The maximum absolute atomic E-state index is 11.6. The Hall–Kier alpha value is -1.79. The van der Waals surface area contributed by atoms with Gasteiger partial charge in [0.05, 0.1) is 6.61 Å². The third-order valence-corrected chi connectivity index (χ3v) is 3.35. The van der Waals surface area contributed by atoms with Crippen LogP contribution in [0.3, 0.4) is 0 Å². The summed E-state index contributed by atoms with van der Waals surface area (Å²) < 4.78 is 5.32. The van der Waals surface area contributed by atoms with Gasteiger partial charge in [0.15, 0.2) is 11.5 Å². The Morgan fingerprint density at radius 3 is 2.75 bits per heavy atom. The molecule has 0 aromatic heterocycles. The molecule has 0 spiro atoms. The molecule has 1 fully saturated rings. The number of aromatic hydroxyl groups is 1. The Labute approximate surface area is 118 Å². The van der Waals surface area contributed by atoms with Crippen LogP contribution in [0.5, 0.6) is 11.5 Å². The molecule has 2 rings (SSSR count). The van der Waals surface area contributed by atoms with Gasteiger partial charge in [-0.1, -0.05) is 6.07 Å². The third-order valence-electron chi connectivity index (χ3n) is 3.35. The van der Waals surface area contributed by atoms with E-state index in [2.05, 4.69) is 5.32 Å². The number of hydrogen-bond donors (Lipinski definition) is 3. The molecule has 20 heavy (non-hydrogen) atoms. The SMILES string of the molecule is CCOc1cc(C(C(=O)O)N2CCNCC2)ccc1O. The molecule has 3 N–H and O–H groups in total. The number of piperazine rings is 1. The zero-order chi connectivity index (χ0) is 14.5. The number of carboxylic acids is 1. The highest BCUT2D eigenvalue weighted by atomic mass is 16.5. The fourth-order valence-corrected chi connectivity index (χ4v) is 2.42. The minimum Gasteiger partial charge on any atom is -0.504 e. The average Bonchev–Trinajstić information content (AvgIpc) is 2.44. The Morgan fingerprint density at radius 1 is 1.45 bits per heavy atom. The van der Waals surface area contributed by atoms with Crippen molar-refractivity contribution >= 4 is 5.97 Å². The van der Waals surface area contributed by atoms with Crippen molar-refractivity contribution in [3.8, 4) is 11.5 Å². The lowest BCUT2D eigenvalue weighted by molar-refractivity contribution is -0.143. The van der Waals surface area contributed by atoms with Crippen LogP contribution in [-0.2, 0) is 4.79 Å². The maximum atomic E-state index is 11.6. The van der Waals surface area contributed by atoms with E-state index in [4.69, 9.17) is 4.74 Å². The largest absolute Gasteiger partial charge is 0.504 e. The van der Waals surface area contributed by atoms with Crippen molar-refractivity contribution in [1.29, 1.82) is 0 Å². The van der Waals surface area contributed by atoms with E-state index in [1.54, 1.807) is 12.1 Å². The summed E-state index contributed by atoms with van der Waals surface area (Å²) in [5.41, 5.74) is 0.626. The lowest BCUT2D eigenvalue weighted by Crippen LogP contribution is -2.47. The third kappa shape index (κ3) is 3.20. The summed E-state index contributed by atoms with van der Waals surface area (Å²) in [6, 6.07) is 4.02. The molecular formula is C14H20N2O4. The first-order valence-corrected chi connectivity index (χ1v) is 6.76. The van der Waals surface area contributed by atoms with Crippen molar-refractivity contribution in [2.24, 2.45) is 0 Å². The van der Waals surface area contributed by atoms with Gasteiger partial charge in [0.2, 0.25) is 0 Å². The molecule has 0 aliphatic carbocycles. The fraction of sp³-hybridized carbons (Fsp3) is 0.500. The van der Waals surface area contributed by atoms with Crippen molar-refractivity contribution in [1.82, 2.24) is 10.2 Å². The first-order chi connectivity index (χ1) is 9.63. The number of ether oxygens (including phenoxy) is 1. The van der Waals surface area contributed by atoms with Crippen LogP contribution in [0, 0.1) is 0 Å². The van der Waals surface area contributed by atoms with Crippen LogP contribution >= 0.6 is 0 Å². The molecule has 6 nitrogen and oxygen atoms in total. The van der Waals surface area contributed by atoms with E-state index in [1.807, 2.05) is 11.8 Å². The predicted octanol–water partition coefficient (Wildman–Crippen LogP) is 0.822. The van der Waals surface area contributed by atoms with Crippen LogP contribution in [0.25, 0.3) is 0 Å². The van der Waals surface area contributed by atoms with Crippen molar-refractivity contribution in [3.63, 3.8) is 0 Å². The average molecular weight is 280 g/mol. The van der Waals surface area contributed by atoms with E-state index < -0.39 is 12.0 Å². The van der Waals surface area contributed by atoms with Gasteiger partial charge >= 0.3 is 5.97 Å². The predicted molar refractivity (Wildman–Crippen MR) is 74.1 cm³/mol. The number of nitrogens with zero attached hydrogens (tertiary/aromatic N) is 1. The molecule has 1 saturated heterocycles. The van der Waals surface area contributed by atoms with Crippen LogP contribution in [0.15, 0.2) is 18.2 Å². The fourth-order valence-electron chi connectivity index (χ4n) is 2.42. The number of phenols is 1. The first-order valence-electron chi connectivity index (χ1n) is 6.76. The van der Waals surface area contributed by atoms with E-state index in [0.29, 0.717) is 31.0 Å². The van der Waals surface area contributed by atoms with Gasteiger partial charge in [-0.15, -0.1) is 0 Å². The molecular weight excluding hydrogens is 260 g/mol. The number of rotatable bonds is 5. The molecule has 1 aliphatic rings. The summed E-state index contributed by atoms with van der Waals surface area (Å²) in [6.45, 7) is 5.16. The second-order valence-electron chi connectivity index (χ2n) is 4.69. The highest BCUT2D eigenvalue weighted by molar-refractivity contribution is 5.76. The standard InChI is InChI=1S/C14H20N2O4/c1-2-20-12-9-10(3-4-11(12)17)13(14(18)19)16-7-5-15-6-8-16/h3-4,9,13,15,17H,2,5-8H2,1H3,(H,18,19). The number of carbonyl (C=O) groups is 1. The zero-order valence-electron chi connectivity index (χ0n) is 11.5. The Bertz CT molecular complexity index is 472. The number of hydrogen-bond acceptors (Lipinski definition) is 5. The number of benzene rings is 1. The minimum atomic E-state index is -0.889. The number of phenolic OH excluding ortho intramolecular Hbond substituents is 1. The Balaban J connectivity index is 2.28. The van der Waals surface area contributed by atoms with E-state index in [0.717, 1.165) is 13.1 Å². The van der Waals surface area contributed by atoms with Gasteiger partial charge in [-0.25, -0.2) is 0 Å². The lowest BCUT2D eigenvalue weighted by Gasteiger charge is -2.32. The van der Waals surface area contributed by atoms with Crippen molar-refractivity contribution in [2.75, 3.05) is 32.8 Å². The highest BCUT2D eigenvalue weighted by Gasteiger charge is 2.29. The summed E-state index contributed by atoms with van der Waals surface area (Å²) >= 11 is 0. The van der Waals surface area contributed by atoms with E-state index in [9.17, 15) is 15.0 Å². The van der Waals surface area contributed by atoms with Crippen LogP contribution < -0.4 is 10.1 Å². The van der Waals surface area contributed by atoms with Crippen LogP contribution in [0.1, 0.15) is 18.5 Å². The second kappa shape index (κ2) is 6.58. The molecule has 1 aromatic carbocycles. The lowest BCUT2D eigenvalue weighted by atomic mass is 10.0. The second-order valence-corrected chi connectivity index (χ2v) is 4.69. The van der Waals surface area contributed by atoms with E-state index in [-0.39, 0.29) is 5.75 Å². The monoisotopic (exact) mass is 280 g/mol. The molecule has 1 unspecified atom stereocenters. The molecule has 1 aliphatic heterocycles. The molecule has 0 amide bonds. The number of nitrogens with one attached hydrogen (secondary N) is 1. The topological polar surface area (TPSA) is 82.0 Å². The number of aliphatic carboxylic acids is 1. The van der Waals surface area contributed by atoms with Gasteiger partial charge in [-0.3, -0.25) is 9.69 Å². The van der Waals surface area contributed by atoms with Gasteiger partial charge in [-0.05, 0) is 24.6 Å². The maximum Gasteiger partial charge on any atom is 0.325 e. The minimum absolute atomic E-state index is 0.0278. The van der Waals surface area contributed by atoms with Crippen LogP contribution in [0.4, 0.5) is 0 Å². The smallest absolute Gasteiger partial charge is 0.325 e. The van der Waals surface area contributed by atoms with Gasteiger partial charge in [-0.2, -0.15) is 0 Å². The highest BCUT2D eigenvalue weighted by Crippen LogP contribution is 2.31. The quantitative estimate of drug-likeness (QED) is 0.741. The number of carboxylic acid groups (broad SMARTS) is 1. The first kappa shape index (κ1) is 14.6. The normalized spacial score (nSPS) is 17.6. The molecule has 1 atom stereocenters. The summed E-state index contributed by atoms with van der Waals surface area (Å²) in [4.78, 5) is 13.5. The van der Waals surface area contributed by atoms with E-state index in [1.165, 1.54) is 6.07 Å². The molecule has 0 radical (unpaired) electrons.